The predicted molar refractivity (Wildman–Crippen MR) is 112 cm³/mol. The van der Waals surface area contributed by atoms with Gasteiger partial charge < -0.3 is 14.9 Å². The summed E-state index contributed by atoms with van der Waals surface area (Å²) in [6.07, 6.45) is 11.2. The van der Waals surface area contributed by atoms with Gasteiger partial charge in [-0.05, 0) is 37.2 Å². The quantitative estimate of drug-likeness (QED) is 0.800. The number of nitrogens with one attached hydrogen (secondary N) is 2. The fraction of sp³-hybridized carbons (Fsp3) is 0.609. The van der Waals surface area contributed by atoms with Crippen LogP contribution in [0, 0.1) is 12.3 Å². The molecule has 2 heterocycles. The van der Waals surface area contributed by atoms with E-state index in [1.165, 1.54) is 37.8 Å². The molecule has 2 aliphatic carbocycles. The minimum atomic E-state index is -0.0641. The van der Waals surface area contributed by atoms with E-state index in [2.05, 4.69) is 40.6 Å². The molecule has 0 bridgehead atoms. The van der Waals surface area contributed by atoms with E-state index >= 15 is 0 Å². The molecule has 156 valence electrons. The summed E-state index contributed by atoms with van der Waals surface area (Å²) in [7, 11) is 0. The molecule has 4 rings (SSSR count). The van der Waals surface area contributed by atoms with E-state index in [0.717, 1.165) is 29.1 Å². The summed E-state index contributed by atoms with van der Waals surface area (Å²) in [5, 5.41) is 2.93. The molecule has 2 aromatic rings. The van der Waals surface area contributed by atoms with E-state index in [4.69, 9.17) is 0 Å². The minimum Gasteiger partial charge on any atom is -0.349 e. The van der Waals surface area contributed by atoms with Gasteiger partial charge >= 0.3 is 0 Å². The molecule has 6 heteroatoms. The molecule has 0 aromatic carbocycles. The van der Waals surface area contributed by atoms with Crippen molar-refractivity contribution in [2.75, 3.05) is 0 Å². The van der Waals surface area contributed by atoms with Gasteiger partial charge in [0.25, 0.3) is 0 Å². The Morgan fingerprint density at radius 2 is 2.03 bits per heavy atom. The van der Waals surface area contributed by atoms with Gasteiger partial charge in [0.05, 0.1) is 13.0 Å². The highest BCUT2D eigenvalue weighted by atomic mass is 16.1. The number of carbonyl (C=O) groups excluding carboxylic acids is 2. The number of H-pyrrole nitrogens is 1. The number of aromatic amines is 1. The summed E-state index contributed by atoms with van der Waals surface area (Å²) in [6, 6.07) is 0.458. The molecule has 1 amide bonds. The zero-order valence-electron chi connectivity index (χ0n) is 17.8. The molecule has 0 radical (unpaired) electrons. The maximum Gasteiger partial charge on any atom is 0.224 e. The average molecular weight is 397 g/mol. The van der Waals surface area contributed by atoms with Gasteiger partial charge in [0.15, 0.2) is 5.78 Å². The first-order chi connectivity index (χ1) is 13.9. The first-order valence-corrected chi connectivity index (χ1v) is 10.9. The number of Topliss-reactive ketones (excluding diaryl/α,β-unsaturated/α-hetero) is 1. The van der Waals surface area contributed by atoms with Gasteiger partial charge in [-0.3, -0.25) is 9.59 Å². The summed E-state index contributed by atoms with van der Waals surface area (Å²) in [4.78, 5) is 33.0. The third-order valence-electron chi connectivity index (χ3n) is 6.53. The number of carbonyl (C=O) groups is 2. The van der Waals surface area contributed by atoms with Crippen molar-refractivity contribution in [1.29, 1.82) is 0 Å². The number of ketones is 1. The first-order valence-electron chi connectivity index (χ1n) is 10.9. The van der Waals surface area contributed by atoms with E-state index in [1.54, 1.807) is 12.4 Å². The van der Waals surface area contributed by atoms with Gasteiger partial charge in [-0.25, -0.2) is 4.98 Å². The van der Waals surface area contributed by atoms with Crippen LogP contribution in [0.25, 0.3) is 0 Å². The highest BCUT2D eigenvalue weighted by molar-refractivity contribution is 6.01. The summed E-state index contributed by atoms with van der Waals surface area (Å²) in [5.74, 6) is 0.864. The number of imidazole rings is 1. The van der Waals surface area contributed by atoms with Crippen LogP contribution in [0.5, 0.6) is 0 Å². The van der Waals surface area contributed by atoms with Gasteiger partial charge in [-0.2, -0.15) is 0 Å². The Morgan fingerprint density at radius 3 is 2.72 bits per heavy atom. The summed E-state index contributed by atoms with van der Waals surface area (Å²) in [5.41, 5.74) is 4.02. The lowest BCUT2D eigenvalue weighted by molar-refractivity contribution is -0.120. The van der Waals surface area contributed by atoms with Crippen molar-refractivity contribution in [1.82, 2.24) is 19.9 Å². The number of rotatable bonds is 5. The van der Waals surface area contributed by atoms with Crippen molar-refractivity contribution in [2.45, 2.75) is 84.7 Å². The minimum absolute atomic E-state index is 0.0277. The second kappa shape index (κ2) is 7.81. The van der Waals surface area contributed by atoms with Gasteiger partial charge in [-0.1, -0.05) is 33.1 Å². The van der Waals surface area contributed by atoms with Crippen LogP contribution in [0.15, 0.2) is 12.4 Å². The van der Waals surface area contributed by atoms with Crippen LogP contribution in [0.1, 0.15) is 91.5 Å². The van der Waals surface area contributed by atoms with Crippen molar-refractivity contribution in [2.24, 2.45) is 5.41 Å². The lowest BCUT2D eigenvalue weighted by Crippen LogP contribution is -2.30. The Bertz CT molecular complexity index is 902. The number of amides is 1. The largest absolute Gasteiger partial charge is 0.349 e. The molecule has 1 saturated carbocycles. The highest BCUT2D eigenvalue weighted by Crippen LogP contribution is 2.42. The van der Waals surface area contributed by atoms with Crippen LogP contribution in [-0.2, 0) is 24.2 Å². The van der Waals surface area contributed by atoms with Crippen molar-refractivity contribution in [3.63, 3.8) is 0 Å². The maximum absolute atomic E-state index is 13.1. The smallest absolute Gasteiger partial charge is 0.224 e. The van der Waals surface area contributed by atoms with E-state index in [0.29, 0.717) is 19.0 Å². The number of hydrogen-bond donors (Lipinski definition) is 2. The highest BCUT2D eigenvalue weighted by Gasteiger charge is 2.38. The fourth-order valence-electron chi connectivity index (χ4n) is 5.21. The molecule has 29 heavy (non-hydrogen) atoms. The van der Waals surface area contributed by atoms with E-state index in [1.807, 2.05) is 0 Å². The van der Waals surface area contributed by atoms with Crippen LogP contribution < -0.4 is 5.32 Å². The molecule has 1 fully saturated rings. The Labute approximate surface area is 172 Å². The zero-order chi connectivity index (χ0) is 20.6. The molecule has 2 N–H and O–H groups in total. The predicted octanol–water partition coefficient (Wildman–Crippen LogP) is 4.04. The fourth-order valence-corrected chi connectivity index (χ4v) is 5.21. The second-order valence-electron chi connectivity index (χ2n) is 9.48. The number of nitrogens with zero attached hydrogens (tertiary/aromatic N) is 2. The number of fused-ring (bicyclic) bond motifs is 1. The molecule has 0 unspecified atom stereocenters. The molecule has 0 spiro atoms. The molecule has 6 nitrogen and oxygen atoms in total. The topological polar surface area (TPSA) is 79.8 Å². The summed E-state index contributed by atoms with van der Waals surface area (Å²) >= 11 is 0. The average Bonchev–Trinajstić information content (AvgIpc) is 3.27. The van der Waals surface area contributed by atoms with E-state index in [9.17, 15) is 9.59 Å². The lowest BCUT2D eigenvalue weighted by Gasteiger charge is -2.33. The Kier molecular flexibility index (Phi) is 5.36. The third-order valence-corrected chi connectivity index (χ3v) is 6.53. The molecule has 0 atom stereocenters. The Balaban J connectivity index is 1.65. The first kappa shape index (κ1) is 19.9. The van der Waals surface area contributed by atoms with Crippen LogP contribution in [0.3, 0.4) is 0 Å². The maximum atomic E-state index is 13.1. The zero-order valence-corrected chi connectivity index (χ0v) is 17.8. The molecular weight excluding hydrogens is 364 g/mol. The molecular formula is C23H32N4O2. The molecule has 0 saturated heterocycles. The normalized spacial score (nSPS) is 19.2. The molecule has 2 aliphatic rings. The Hall–Kier alpha value is -2.37. The second-order valence-corrected chi connectivity index (χ2v) is 9.48. The van der Waals surface area contributed by atoms with Gasteiger partial charge in [0.2, 0.25) is 5.91 Å². The molecule has 2 aromatic heterocycles. The van der Waals surface area contributed by atoms with E-state index in [-0.39, 0.29) is 23.5 Å². The van der Waals surface area contributed by atoms with E-state index < -0.39 is 0 Å². The van der Waals surface area contributed by atoms with Crippen LogP contribution in [0.2, 0.25) is 0 Å². The summed E-state index contributed by atoms with van der Waals surface area (Å²) < 4.78 is 2.43. The van der Waals surface area contributed by atoms with Gasteiger partial charge in [-0.15, -0.1) is 0 Å². The lowest BCUT2D eigenvalue weighted by atomic mass is 9.75. The monoisotopic (exact) mass is 396 g/mol. The van der Waals surface area contributed by atoms with Crippen molar-refractivity contribution < 1.29 is 9.59 Å². The molecule has 0 aliphatic heterocycles. The van der Waals surface area contributed by atoms with Crippen LogP contribution in [0.4, 0.5) is 0 Å². The standard InChI is InChI=1S/C23H32N4O2/c1-15-17(11-21(29)26-14-20-24-9-10-25-20)22-18(12-23(2,3)13-19(22)28)27(15)16-7-5-4-6-8-16/h9-10,16H,4-8,11-14H2,1-3H3,(H,24,25)(H,26,29). The number of hydrogen-bond acceptors (Lipinski definition) is 3. The van der Waals surface area contributed by atoms with Crippen molar-refractivity contribution >= 4 is 11.7 Å². The van der Waals surface area contributed by atoms with Crippen LogP contribution >= 0.6 is 0 Å². The summed E-state index contributed by atoms with van der Waals surface area (Å²) in [6.45, 7) is 6.83. The number of aromatic nitrogens is 3. The van der Waals surface area contributed by atoms with Crippen LogP contribution in [-0.4, -0.2) is 26.2 Å². The third kappa shape index (κ3) is 4.02. The van der Waals surface area contributed by atoms with Gasteiger partial charge in [0, 0.05) is 41.8 Å². The Morgan fingerprint density at radius 1 is 1.28 bits per heavy atom. The SMILES string of the molecule is Cc1c(CC(=O)NCc2ncc[nH]2)c2c(n1C1CCCCC1)CC(C)(C)CC2=O. The van der Waals surface area contributed by atoms with Crippen molar-refractivity contribution in [3.8, 4) is 0 Å². The van der Waals surface area contributed by atoms with Gasteiger partial charge in [0.1, 0.15) is 5.82 Å². The van der Waals surface area contributed by atoms with Crippen molar-refractivity contribution in [3.05, 3.63) is 40.7 Å².